The molecule has 1 saturated carbocycles. The minimum atomic E-state index is -0.526. The van der Waals surface area contributed by atoms with Gasteiger partial charge in [-0.1, -0.05) is 0 Å². The van der Waals surface area contributed by atoms with Crippen LogP contribution in [-0.4, -0.2) is 24.2 Å². The molecule has 1 spiro atoms. The quantitative estimate of drug-likeness (QED) is 0.852. The summed E-state index contributed by atoms with van der Waals surface area (Å²) < 4.78 is 17.3. The van der Waals surface area contributed by atoms with Crippen LogP contribution in [0, 0.1) is 0 Å². The number of benzene rings is 2. The Morgan fingerprint density at radius 3 is 2.63 bits per heavy atom. The van der Waals surface area contributed by atoms with E-state index in [1.807, 2.05) is 6.07 Å². The standard InChI is InChI=1S/C20H18N2O5/c23-18-11-25-15-5-3-12(9-14(15)22-18)19(24)21-13-4-6-16-17(10-13)27-20(26-16)7-1-2-8-20/h3-6,9-10H,1-2,7-8,11H2,(H,21,24)(H,22,23). The molecule has 7 nitrogen and oxygen atoms in total. The molecule has 7 heteroatoms. The molecule has 0 saturated heterocycles. The minimum absolute atomic E-state index is 0.0166. The van der Waals surface area contributed by atoms with Crippen LogP contribution < -0.4 is 24.8 Å². The first kappa shape index (κ1) is 16.0. The molecule has 0 aromatic heterocycles. The zero-order valence-electron chi connectivity index (χ0n) is 14.5. The van der Waals surface area contributed by atoms with Gasteiger partial charge in [0, 0.05) is 30.2 Å². The summed E-state index contributed by atoms with van der Waals surface area (Å²) in [6, 6.07) is 10.3. The van der Waals surface area contributed by atoms with E-state index in [0.29, 0.717) is 34.2 Å². The van der Waals surface area contributed by atoms with Crippen molar-refractivity contribution in [1.29, 1.82) is 0 Å². The smallest absolute Gasteiger partial charge is 0.262 e. The summed E-state index contributed by atoms with van der Waals surface area (Å²) in [4.78, 5) is 24.0. The lowest BCUT2D eigenvalue weighted by Gasteiger charge is -2.21. The Labute approximate surface area is 155 Å². The molecule has 1 aliphatic carbocycles. The molecule has 0 bridgehead atoms. The Morgan fingerprint density at radius 2 is 1.78 bits per heavy atom. The second-order valence-electron chi connectivity index (χ2n) is 6.99. The lowest BCUT2D eigenvalue weighted by Crippen LogP contribution is -2.34. The highest BCUT2D eigenvalue weighted by atomic mass is 16.7. The first-order valence-corrected chi connectivity index (χ1v) is 9.00. The number of fused-ring (bicyclic) bond motifs is 2. The number of hydrogen-bond donors (Lipinski definition) is 2. The van der Waals surface area contributed by atoms with E-state index in [1.165, 1.54) is 0 Å². The number of nitrogens with one attached hydrogen (secondary N) is 2. The SMILES string of the molecule is O=C1COc2ccc(C(=O)Nc3ccc4c(c3)OC3(CCCC3)O4)cc2N1. The van der Waals surface area contributed by atoms with E-state index in [0.717, 1.165) is 25.7 Å². The van der Waals surface area contributed by atoms with E-state index in [4.69, 9.17) is 14.2 Å². The highest BCUT2D eigenvalue weighted by Crippen LogP contribution is 2.47. The van der Waals surface area contributed by atoms with Crippen LogP contribution in [0.3, 0.4) is 0 Å². The van der Waals surface area contributed by atoms with E-state index >= 15 is 0 Å². The molecule has 0 radical (unpaired) electrons. The van der Waals surface area contributed by atoms with E-state index < -0.39 is 5.79 Å². The molecule has 5 rings (SSSR count). The first-order valence-electron chi connectivity index (χ1n) is 9.00. The highest BCUT2D eigenvalue weighted by Gasteiger charge is 2.44. The van der Waals surface area contributed by atoms with Crippen molar-refractivity contribution in [2.75, 3.05) is 17.2 Å². The van der Waals surface area contributed by atoms with Crippen molar-refractivity contribution < 1.29 is 23.8 Å². The first-order chi connectivity index (χ1) is 13.1. The fourth-order valence-corrected chi connectivity index (χ4v) is 3.72. The summed E-state index contributed by atoms with van der Waals surface area (Å²) in [6.07, 6.45) is 3.95. The Hall–Kier alpha value is -3.22. The normalized spacial score (nSPS) is 18.6. The predicted molar refractivity (Wildman–Crippen MR) is 97.4 cm³/mol. The van der Waals surface area contributed by atoms with Crippen LogP contribution in [0.15, 0.2) is 36.4 Å². The van der Waals surface area contributed by atoms with Crippen LogP contribution in [0.1, 0.15) is 36.0 Å². The van der Waals surface area contributed by atoms with Crippen molar-refractivity contribution >= 4 is 23.2 Å². The highest BCUT2D eigenvalue weighted by molar-refractivity contribution is 6.06. The van der Waals surface area contributed by atoms with Gasteiger partial charge in [-0.2, -0.15) is 0 Å². The number of ether oxygens (including phenoxy) is 3. The third-order valence-corrected chi connectivity index (χ3v) is 5.03. The van der Waals surface area contributed by atoms with Gasteiger partial charge in [0.05, 0.1) is 5.69 Å². The number of hydrogen-bond acceptors (Lipinski definition) is 5. The summed E-state index contributed by atoms with van der Waals surface area (Å²) >= 11 is 0. The van der Waals surface area contributed by atoms with Crippen LogP contribution in [0.4, 0.5) is 11.4 Å². The van der Waals surface area contributed by atoms with Crippen molar-refractivity contribution in [2.24, 2.45) is 0 Å². The maximum Gasteiger partial charge on any atom is 0.262 e. The number of rotatable bonds is 2. The number of amides is 2. The van der Waals surface area contributed by atoms with Crippen LogP contribution >= 0.6 is 0 Å². The van der Waals surface area contributed by atoms with E-state index in [1.54, 1.807) is 30.3 Å². The lowest BCUT2D eigenvalue weighted by molar-refractivity contribution is -0.118. The fraction of sp³-hybridized carbons (Fsp3) is 0.300. The summed E-state index contributed by atoms with van der Waals surface area (Å²) in [7, 11) is 0. The fourth-order valence-electron chi connectivity index (χ4n) is 3.72. The Kier molecular flexibility index (Phi) is 3.50. The summed E-state index contributed by atoms with van der Waals surface area (Å²) in [5.41, 5.74) is 1.53. The second-order valence-corrected chi connectivity index (χ2v) is 6.99. The lowest BCUT2D eigenvalue weighted by atomic mass is 10.1. The zero-order chi connectivity index (χ0) is 18.4. The largest absolute Gasteiger partial charge is 0.482 e. The maximum absolute atomic E-state index is 12.6. The van der Waals surface area contributed by atoms with Crippen LogP contribution in [0.25, 0.3) is 0 Å². The minimum Gasteiger partial charge on any atom is -0.482 e. The molecule has 0 unspecified atom stereocenters. The molecule has 2 heterocycles. The van der Waals surface area contributed by atoms with E-state index in [2.05, 4.69) is 10.6 Å². The number of anilines is 2. The van der Waals surface area contributed by atoms with Crippen LogP contribution in [0.5, 0.6) is 17.2 Å². The van der Waals surface area contributed by atoms with Crippen LogP contribution in [-0.2, 0) is 4.79 Å². The van der Waals surface area contributed by atoms with E-state index in [9.17, 15) is 9.59 Å². The monoisotopic (exact) mass is 366 g/mol. The third kappa shape index (κ3) is 2.85. The average Bonchev–Trinajstić information content (AvgIpc) is 3.26. The third-order valence-electron chi connectivity index (χ3n) is 5.03. The molecule has 2 amide bonds. The molecular weight excluding hydrogens is 348 g/mol. The molecule has 0 atom stereocenters. The maximum atomic E-state index is 12.6. The van der Waals surface area contributed by atoms with Gasteiger partial charge in [0.15, 0.2) is 18.1 Å². The summed E-state index contributed by atoms with van der Waals surface area (Å²) in [6.45, 7) is -0.0166. The van der Waals surface area contributed by atoms with Gasteiger partial charge >= 0.3 is 0 Å². The van der Waals surface area contributed by atoms with Gasteiger partial charge in [0.2, 0.25) is 0 Å². The number of carbonyl (C=O) groups is 2. The van der Waals surface area contributed by atoms with Crippen molar-refractivity contribution in [3.63, 3.8) is 0 Å². The van der Waals surface area contributed by atoms with Crippen molar-refractivity contribution in [3.8, 4) is 17.2 Å². The number of carbonyl (C=O) groups excluding carboxylic acids is 2. The molecule has 1 fully saturated rings. The van der Waals surface area contributed by atoms with Gasteiger partial charge < -0.3 is 24.8 Å². The van der Waals surface area contributed by atoms with Gasteiger partial charge in [-0.15, -0.1) is 0 Å². The van der Waals surface area contributed by atoms with E-state index in [-0.39, 0.29) is 18.4 Å². The molecule has 2 aliphatic heterocycles. The van der Waals surface area contributed by atoms with Gasteiger partial charge in [-0.3, -0.25) is 9.59 Å². The summed E-state index contributed by atoms with van der Waals surface area (Å²) in [5.74, 6) is 0.867. The Balaban J connectivity index is 1.34. The topological polar surface area (TPSA) is 85.9 Å². The zero-order valence-corrected chi connectivity index (χ0v) is 14.5. The average molecular weight is 366 g/mol. The van der Waals surface area contributed by atoms with Crippen molar-refractivity contribution in [1.82, 2.24) is 0 Å². The Morgan fingerprint density at radius 1 is 1.00 bits per heavy atom. The molecular formula is C20H18N2O5. The molecule has 27 heavy (non-hydrogen) atoms. The van der Waals surface area contributed by atoms with Crippen LogP contribution in [0.2, 0.25) is 0 Å². The van der Waals surface area contributed by atoms with Crippen molar-refractivity contribution in [2.45, 2.75) is 31.5 Å². The van der Waals surface area contributed by atoms with Gasteiger partial charge in [0.1, 0.15) is 5.75 Å². The van der Waals surface area contributed by atoms with Gasteiger partial charge in [-0.05, 0) is 43.2 Å². The van der Waals surface area contributed by atoms with Crippen molar-refractivity contribution in [3.05, 3.63) is 42.0 Å². The Bertz CT molecular complexity index is 949. The summed E-state index contributed by atoms with van der Waals surface area (Å²) in [5, 5.41) is 5.56. The van der Waals surface area contributed by atoms with Gasteiger partial charge in [0.25, 0.3) is 17.6 Å². The molecule has 2 N–H and O–H groups in total. The molecule has 3 aliphatic rings. The molecule has 2 aromatic carbocycles. The molecule has 2 aromatic rings. The predicted octanol–water partition coefficient (Wildman–Crippen LogP) is 3.31. The second kappa shape index (κ2) is 5.90. The molecule has 138 valence electrons. The van der Waals surface area contributed by atoms with Gasteiger partial charge in [-0.25, -0.2) is 0 Å².